The standard InChI is InChI=1S/C27H28N4O7S/c1-20(32)29-23-10-14-25(15-11-23)39(35,36)31(17-22-6-4-3-5-7-22)18-26(33)30-28-16-21-8-12-24(13-9-21)38-19-27(34)37-2/h3-16H,17-19H2,1-2H3,(H,29,32)(H,30,33)/b28-16+. The minimum atomic E-state index is -4.07. The number of nitrogens with one attached hydrogen (secondary N) is 2. The van der Waals surface area contributed by atoms with Gasteiger partial charge in [0, 0.05) is 19.2 Å². The molecule has 0 atom stereocenters. The molecule has 0 heterocycles. The largest absolute Gasteiger partial charge is 0.482 e. The van der Waals surface area contributed by atoms with E-state index in [-0.39, 0.29) is 24.0 Å². The Kier molecular flexibility index (Phi) is 10.3. The highest BCUT2D eigenvalue weighted by molar-refractivity contribution is 7.89. The lowest BCUT2D eigenvalue weighted by Crippen LogP contribution is -2.39. The molecule has 0 unspecified atom stereocenters. The molecule has 12 heteroatoms. The Hall–Kier alpha value is -4.55. The number of rotatable bonds is 12. The number of esters is 1. The predicted octanol–water partition coefficient (Wildman–Crippen LogP) is 2.54. The van der Waals surface area contributed by atoms with E-state index in [9.17, 15) is 22.8 Å². The van der Waals surface area contributed by atoms with Gasteiger partial charge >= 0.3 is 5.97 Å². The highest BCUT2D eigenvalue weighted by Gasteiger charge is 2.27. The monoisotopic (exact) mass is 552 g/mol. The number of benzene rings is 3. The van der Waals surface area contributed by atoms with Crippen molar-refractivity contribution < 1.29 is 32.3 Å². The van der Waals surface area contributed by atoms with Crippen LogP contribution in [0.25, 0.3) is 0 Å². The number of hydrazone groups is 1. The summed E-state index contributed by atoms with van der Waals surface area (Å²) in [5.41, 5.74) is 4.13. The van der Waals surface area contributed by atoms with Crippen LogP contribution in [0.1, 0.15) is 18.1 Å². The van der Waals surface area contributed by atoms with Gasteiger partial charge in [-0.1, -0.05) is 30.3 Å². The third-order valence-corrected chi connectivity index (χ3v) is 7.01. The van der Waals surface area contributed by atoms with E-state index in [0.717, 1.165) is 4.31 Å². The van der Waals surface area contributed by atoms with Crippen molar-refractivity contribution in [3.63, 3.8) is 0 Å². The molecule has 0 fully saturated rings. The maximum absolute atomic E-state index is 13.4. The Bertz CT molecular complexity index is 1410. The van der Waals surface area contributed by atoms with Crippen LogP contribution in [0.2, 0.25) is 0 Å². The first kappa shape index (κ1) is 29.0. The number of ether oxygens (including phenoxy) is 2. The number of nitrogens with zero attached hydrogens (tertiary/aromatic N) is 2. The van der Waals surface area contributed by atoms with Crippen LogP contribution in [0.4, 0.5) is 5.69 Å². The Morgan fingerprint density at radius 2 is 1.62 bits per heavy atom. The van der Waals surface area contributed by atoms with E-state index in [2.05, 4.69) is 20.6 Å². The molecule has 0 aromatic heterocycles. The molecule has 3 rings (SSSR count). The van der Waals surface area contributed by atoms with Crippen LogP contribution in [0, 0.1) is 0 Å². The number of carbonyl (C=O) groups excluding carboxylic acids is 3. The number of methoxy groups -OCH3 is 1. The molecule has 2 amide bonds. The lowest BCUT2D eigenvalue weighted by molar-refractivity contribution is -0.142. The first-order valence-corrected chi connectivity index (χ1v) is 13.1. The number of sulfonamides is 1. The van der Waals surface area contributed by atoms with Crippen molar-refractivity contribution in [3.05, 3.63) is 90.0 Å². The maximum atomic E-state index is 13.4. The van der Waals surface area contributed by atoms with Crippen LogP contribution in [0.15, 0.2) is 88.9 Å². The van der Waals surface area contributed by atoms with Gasteiger partial charge in [0.2, 0.25) is 15.9 Å². The van der Waals surface area contributed by atoms with E-state index in [1.165, 1.54) is 44.5 Å². The number of carbonyl (C=O) groups is 3. The second-order valence-corrected chi connectivity index (χ2v) is 10.1. The summed E-state index contributed by atoms with van der Waals surface area (Å²) < 4.78 is 37.7. The van der Waals surface area contributed by atoms with Crippen molar-refractivity contribution in [1.82, 2.24) is 9.73 Å². The Balaban J connectivity index is 1.68. The van der Waals surface area contributed by atoms with E-state index >= 15 is 0 Å². The zero-order chi connectivity index (χ0) is 28.3. The lowest BCUT2D eigenvalue weighted by Gasteiger charge is -2.21. The molecule has 0 aliphatic rings. The van der Waals surface area contributed by atoms with Crippen molar-refractivity contribution in [2.75, 3.05) is 25.6 Å². The minimum absolute atomic E-state index is 0.0293. The van der Waals surface area contributed by atoms with Crippen molar-refractivity contribution in [3.8, 4) is 5.75 Å². The van der Waals surface area contributed by atoms with Gasteiger partial charge < -0.3 is 14.8 Å². The van der Waals surface area contributed by atoms with Crippen molar-refractivity contribution in [1.29, 1.82) is 0 Å². The molecule has 0 spiro atoms. The SMILES string of the molecule is COC(=O)COc1ccc(/C=N/NC(=O)CN(Cc2ccccc2)S(=O)(=O)c2ccc(NC(C)=O)cc2)cc1. The third-order valence-electron chi connectivity index (χ3n) is 5.20. The number of hydrogen-bond donors (Lipinski definition) is 2. The summed E-state index contributed by atoms with van der Waals surface area (Å²) in [6, 6.07) is 21.1. The minimum Gasteiger partial charge on any atom is -0.482 e. The molecule has 39 heavy (non-hydrogen) atoms. The summed E-state index contributed by atoms with van der Waals surface area (Å²) in [6.07, 6.45) is 1.39. The van der Waals surface area contributed by atoms with Crippen LogP contribution >= 0.6 is 0 Å². The van der Waals surface area contributed by atoms with Gasteiger partial charge in [-0.2, -0.15) is 9.41 Å². The summed E-state index contributed by atoms with van der Waals surface area (Å²) in [5, 5.41) is 6.50. The molecule has 2 N–H and O–H groups in total. The maximum Gasteiger partial charge on any atom is 0.343 e. The molecular weight excluding hydrogens is 524 g/mol. The van der Waals surface area contributed by atoms with Gasteiger partial charge in [-0.25, -0.2) is 18.6 Å². The van der Waals surface area contributed by atoms with Crippen LogP contribution in [-0.4, -0.2) is 57.0 Å². The van der Waals surface area contributed by atoms with Gasteiger partial charge in [-0.15, -0.1) is 0 Å². The van der Waals surface area contributed by atoms with Crippen LogP contribution in [0.3, 0.4) is 0 Å². The van der Waals surface area contributed by atoms with E-state index in [0.29, 0.717) is 22.6 Å². The zero-order valence-electron chi connectivity index (χ0n) is 21.4. The van der Waals surface area contributed by atoms with Crippen LogP contribution in [0.5, 0.6) is 5.75 Å². The molecule has 0 radical (unpaired) electrons. The van der Waals surface area contributed by atoms with E-state index in [4.69, 9.17) is 4.74 Å². The van der Waals surface area contributed by atoms with Gasteiger partial charge in [0.1, 0.15) is 5.75 Å². The highest BCUT2D eigenvalue weighted by atomic mass is 32.2. The molecule has 0 saturated heterocycles. The lowest BCUT2D eigenvalue weighted by atomic mass is 10.2. The first-order valence-electron chi connectivity index (χ1n) is 11.7. The van der Waals surface area contributed by atoms with Gasteiger partial charge in [0.15, 0.2) is 6.61 Å². The molecule has 3 aromatic carbocycles. The van der Waals surface area contributed by atoms with E-state index in [1.54, 1.807) is 48.5 Å². The summed E-state index contributed by atoms with van der Waals surface area (Å²) in [6.45, 7) is 0.607. The third kappa shape index (κ3) is 9.05. The quantitative estimate of drug-likeness (QED) is 0.200. The average molecular weight is 553 g/mol. The number of hydrogen-bond acceptors (Lipinski definition) is 8. The Morgan fingerprint density at radius 3 is 2.23 bits per heavy atom. The molecule has 0 bridgehead atoms. The van der Waals surface area contributed by atoms with E-state index < -0.39 is 28.4 Å². The topological polar surface area (TPSA) is 143 Å². The second kappa shape index (κ2) is 13.8. The van der Waals surface area contributed by atoms with Crippen molar-refractivity contribution >= 4 is 39.7 Å². The highest BCUT2D eigenvalue weighted by Crippen LogP contribution is 2.20. The summed E-state index contributed by atoms with van der Waals surface area (Å²) in [5.74, 6) is -0.975. The Labute approximate surface area is 226 Å². The molecule has 0 saturated carbocycles. The molecule has 0 aliphatic heterocycles. The van der Waals surface area contributed by atoms with Gasteiger partial charge in [0.05, 0.1) is 24.8 Å². The predicted molar refractivity (Wildman–Crippen MR) is 144 cm³/mol. The summed E-state index contributed by atoms with van der Waals surface area (Å²) >= 11 is 0. The summed E-state index contributed by atoms with van der Waals surface area (Å²) in [7, 11) is -2.81. The zero-order valence-corrected chi connectivity index (χ0v) is 22.2. The molecule has 204 valence electrons. The van der Waals surface area contributed by atoms with Crippen molar-refractivity contribution in [2.45, 2.75) is 18.4 Å². The molecular formula is C27H28N4O7S. The van der Waals surface area contributed by atoms with Gasteiger partial charge in [-0.3, -0.25) is 9.59 Å². The second-order valence-electron chi connectivity index (χ2n) is 8.19. The van der Waals surface area contributed by atoms with Crippen LogP contribution in [-0.2, 0) is 35.7 Å². The normalized spacial score (nSPS) is 11.3. The Morgan fingerprint density at radius 1 is 0.949 bits per heavy atom. The average Bonchev–Trinajstić information content (AvgIpc) is 2.92. The fourth-order valence-electron chi connectivity index (χ4n) is 3.30. The van der Waals surface area contributed by atoms with Gasteiger partial charge in [0.25, 0.3) is 5.91 Å². The van der Waals surface area contributed by atoms with Crippen LogP contribution < -0.4 is 15.5 Å². The molecule has 0 aliphatic carbocycles. The summed E-state index contributed by atoms with van der Waals surface area (Å²) in [4.78, 5) is 35.1. The number of anilines is 1. The fraction of sp³-hybridized carbons (Fsp3) is 0.185. The molecule has 3 aromatic rings. The number of amides is 2. The van der Waals surface area contributed by atoms with Crippen molar-refractivity contribution in [2.24, 2.45) is 5.10 Å². The molecule has 11 nitrogen and oxygen atoms in total. The smallest absolute Gasteiger partial charge is 0.343 e. The fourth-order valence-corrected chi connectivity index (χ4v) is 4.69. The van der Waals surface area contributed by atoms with Gasteiger partial charge in [-0.05, 0) is 59.7 Å². The first-order chi connectivity index (χ1) is 18.7. The van der Waals surface area contributed by atoms with E-state index in [1.807, 2.05) is 6.07 Å².